The number of aromatic nitrogens is 1. The lowest BCUT2D eigenvalue weighted by Gasteiger charge is -2.17. The van der Waals surface area contributed by atoms with Gasteiger partial charge in [-0.3, -0.25) is 15.0 Å². The van der Waals surface area contributed by atoms with E-state index in [-0.39, 0.29) is 5.82 Å². The van der Waals surface area contributed by atoms with Gasteiger partial charge in [0, 0.05) is 16.8 Å². The number of hydrogen-bond donors (Lipinski definition) is 1. The molecule has 1 N–H and O–H groups in total. The maximum Gasteiger partial charge on any atom is 0.275 e. The van der Waals surface area contributed by atoms with E-state index in [4.69, 9.17) is 0 Å². The van der Waals surface area contributed by atoms with Crippen molar-refractivity contribution in [3.63, 3.8) is 0 Å². The Hall–Kier alpha value is -2.24. The Morgan fingerprint density at radius 3 is 2.26 bits per heavy atom. The van der Waals surface area contributed by atoms with Crippen LogP contribution >= 0.6 is 0 Å². The molecule has 0 saturated heterocycles. The summed E-state index contributed by atoms with van der Waals surface area (Å²) in [4.78, 5) is 27.8. The van der Waals surface area contributed by atoms with Crippen LogP contribution in [0.25, 0.3) is 0 Å². The number of rotatable bonds is 3. The number of carbonyl (C=O) groups is 2. The van der Waals surface area contributed by atoms with Crippen molar-refractivity contribution in [3.8, 4) is 0 Å². The van der Waals surface area contributed by atoms with Crippen LogP contribution in [0.4, 0.5) is 10.2 Å². The summed E-state index contributed by atoms with van der Waals surface area (Å²) in [5, 5.41) is 0.897. The van der Waals surface area contributed by atoms with Crippen molar-refractivity contribution in [1.29, 1.82) is 0 Å². The monoisotopic (exact) mass is 263 g/mol. The first-order valence-electron chi connectivity index (χ1n) is 5.80. The number of pyridine rings is 1. The number of nitrogens with one attached hydrogen (secondary N) is 1. The highest BCUT2D eigenvalue weighted by atomic mass is 19.1. The molecule has 2 amide bonds. The fraction of sp³-hybridized carbons (Fsp3) is 0.308. The Morgan fingerprint density at radius 2 is 1.74 bits per heavy atom. The summed E-state index contributed by atoms with van der Waals surface area (Å²) in [5.41, 5.74) is 4.48. The van der Waals surface area contributed by atoms with E-state index in [1.54, 1.807) is 26.8 Å². The summed E-state index contributed by atoms with van der Waals surface area (Å²) < 4.78 is 12.7. The molecule has 2 heterocycles. The summed E-state index contributed by atoms with van der Waals surface area (Å²) in [6.07, 6.45) is 0. The highest BCUT2D eigenvalue weighted by Gasteiger charge is 2.33. The minimum Gasteiger partial charge on any atom is -0.271 e. The predicted molar refractivity (Wildman–Crippen MR) is 67.6 cm³/mol. The van der Waals surface area contributed by atoms with Crippen LogP contribution in [0.15, 0.2) is 23.3 Å². The van der Waals surface area contributed by atoms with Gasteiger partial charge < -0.3 is 0 Å². The molecule has 0 bridgehead atoms. The molecule has 0 aromatic carbocycles. The standard InChI is InChI=1S/C13H14FN3O2/c1-7-4-10(6-14)5-11(15-7)16-17-12(18)8(2)9(3)13(17)19/h4-5H,6H2,1-3H3,(H,15,16). The average molecular weight is 263 g/mol. The van der Waals surface area contributed by atoms with Crippen molar-refractivity contribution >= 4 is 17.6 Å². The number of carbonyl (C=O) groups excluding carboxylic acids is 2. The van der Waals surface area contributed by atoms with Crippen molar-refractivity contribution in [2.24, 2.45) is 0 Å². The number of alkyl halides is 1. The first-order chi connectivity index (χ1) is 8.93. The van der Waals surface area contributed by atoms with E-state index in [0.29, 0.717) is 22.4 Å². The zero-order valence-electron chi connectivity index (χ0n) is 11.0. The van der Waals surface area contributed by atoms with Gasteiger partial charge >= 0.3 is 0 Å². The lowest BCUT2D eigenvalue weighted by Crippen LogP contribution is -2.37. The summed E-state index contributed by atoms with van der Waals surface area (Å²) in [5.74, 6) is -0.544. The number of aryl methyl sites for hydroxylation is 1. The normalized spacial score (nSPS) is 15.5. The molecule has 0 atom stereocenters. The molecule has 1 aromatic rings. The van der Waals surface area contributed by atoms with E-state index in [1.165, 1.54) is 6.07 Å². The molecule has 0 fully saturated rings. The second-order valence-corrected chi connectivity index (χ2v) is 4.44. The van der Waals surface area contributed by atoms with Gasteiger partial charge in [-0.05, 0) is 38.5 Å². The van der Waals surface area contributed by atoms with Crippen molar-refractivity contribution in [2.75, 3.05) is 5.43 Å². The van der Waals surface area contributed by atoms with Gasteiger partial charge in [-0.1, -0.05) is 0 Å². The van der Waals surface area contributed by atoms with Crippen LogP contribution in [-0.4, -0.2) is 21.8 Å². The fourth-order valence-corrected chi connectivity index (χ4v) is 1.84. The quantitative estimate of drug-likeness (QED) is 0.846. The summed E-state index contributed by atoms with van der Waals surface area (Å²) in [6.45, 7) is 4.27. The van der Waals surface area contributed by atoms with Crippen LogP contribution in [-0.2, 0) is 16.3 Å². The van der Waals surface area contributed by atoms with Crippen LogP contribution in [0, 0.1) is 6.92 Å². The Bertz CT molecular complexity index is 572. The van der Waals surface area contributed by atoms with Crippen molar-refractivity contribution < 1.29 is 14.0 Å². The van der Waals surface area contributed by atoms with Gasteiger partial charge in [0.2, 0.25) is 0 Å². The molecule has 0 spiro atoms. The second kappa shape index (κ2) is 4.79. The van der Waals surface area contributed by atoms with E-state index in [1.807, 2.05) is 0 Å². The van der Waals surface area contributed by atoms with Crippen molar-refractivity contribution in [1.82, 2.24) is 9.99 Å². The number of hydrogen-bond acceptors (Lipinski definition) is 4. The number of anilines is 1. The Morgan fingerprint density at radius 1 is 1.16 bits per heavy atom. The molecule has 1 aliphatic rings. The third-order valence-corrected chi connectivity index (χ3v) is 3.00. The van der Waals surface area contributed by atoms with Gasteiger partial charge in [-0.15, -0.1) is 0 Å². The zero-order chi connectivity index (χ0) is 14.2. The second-order valence-electron chi connectivity index (χ2n) is 4.44. The molecular formula is C13H14FN3O2. The summed E-state index contributed by atoms with van der Waals surface area (Å²) in [7, 11) is 0. The van der Waals surface area contributed by atoms with Crippen LogP contribution < -0.4 is 5.43 Å². The minimum absolute atomic E-state index is 0.275. The zero-order valence-corrected chi connectivity index (χ0v) is 11.0. The molecule has 2 rings (SSSR count). The highest BCUT2D eigenvalue weighted by Crippen LogP contribution is 2.21. The maximum absolute atomic E-state index is 12.7. The third kappa shape index (κ3) is 2.33. The Balaban J connectivity index is 2.26. The van der Waals surface area contributed by atoms with E-state index in [9.17, 15) is 14.0 Å². The Labute approximate surface area is 110 Å². The SMILES string of the molecule is CC1=C(C)C(=O)N(Nc2cc(CF)cc(C)n2)C1=O. The van der Waals surface area contributed by atoms with Crippen LogP contribution in [0.2, 0.25) is 0 Å². The number of nitrogens with zero attached hydrogens (tertiary/aromatic N) is 2. The first-order valence-corrected chi connectivity index (χ1v) is 5.80. The van der Waals surface area contributed by atoms with E-state index >= 15 is 0 Å². The smallest absolute Gasteiger partial charge is 0.271 e. The molecule has 19 heavy (non-hydrogen) atoms. The molecule has 0 aliphatic carbocycles. The lowest BCUT2D eigenvalue weighted by molar-refractivity contribution is -0.135. The van der Waals surface area contributed by atoms with Gasteiger partial charge in [0.25, 0.3) is 11.8 Å². The number of imide groups is 1. The van der Waals surface area contributed by atoms with Crippen LogP contribution in [0.5, 0.6) is 0 Å². The molecule has 0 saturated carbocycles. The highest BCUT2D eigenvalue weighted by molar-refractivity contribution is 6.19. The van der Waals surface area contributed by atoms with Crippen molar-refractivity contribution in [2.45, 2.75) is 27.4 Å². The molecule has 0 radical (unpaired) electrons. The summed E-state index contributed by atoms with van der Waals surface area (Å²) >= 11 is 0. The molecular weight excluding hydrogens is 249 g/mol. The van der Waals surface area contributed by atoms with Gasteiger partial charge in [0.05, 0.1) is 0 Å². The average Bonchev–Trinajstić information content (AvgIpc) is 2.56. The molecule has 1 aliphatic heterocycles. The number of halogens is 1. The largest absolute Gasteiger partial charge is 0.275 e. The molecule has 6 heteroatoms. The fourth-order valence-electron chi connectivity index (χ4n) is 1.84. The van der Waals surface area contributed by atoms with Gasteiger partial charge in [0.1, 0.15) is 12.5 Å². The Kier molecular flexibility index (Phi) is 3.33. The van der Waals surface area contributed by atoms with Gasteiger partial charge in [0.15, 0.2) is 0 Å². The number of amides is 2. The predicted octanol–water partition coefficient (Wildman–Crippen LogP) is 1.89. The molecule has 5 nitrogen and oxygen atoms in total. The van der Waals surface area contributed by atoms with Crippen LogP contribution in [0.3, 0.4) is 0 Å². The van der Waals surface area contributed by atoms with Crippen LogP contribution in [0.1, 0.15) is 25.1 Å². The maximum atomic E-state index is 12.7. The lowest BCUT2D eigenvalue weighted by atomic mass is 10.2. The molecule has 1 aromatic heterocycles. The topological polar surface area (TPSA) is 62.3 Å². The third-order valence-electron chi connectivity index (χ3n) is 3.00. The molecule has 0 unspecified atom stereocenters. The van der Waals surface area contributed by atoms with E-state index < -0.39 is 18.5 Å². The van der Waals surface area contributed by atoms with Gasteiger partial charge in [-0.25, -0.2) is 9.37 Å². The first kappa shape index (κ1) is 13.2. The van der Waals surface area contributed by atoms with Gasteiger partial charge in [-0.2, -0.15) is 5.01 Å². The summed E-state index contributed by atoms with van der Waals surface area (Å²) in [6, 6.07) is 3.07. The van der Waals surface area contributed by atoms with Crippen molar-refractivity contribution in [3.05, 3.63) is 34.5 Å². The number of hydrazine groups is 1. The van der Waals surface area contributed by atoms with E-state index in [2.05, 4.69) is 10.4 Å². The van der Waals surface area contributed by atoms with E-state index in [0.717, 1.165) is 5.01 Å². The molecule has 100 valence electrons. The minimum atomic E-state index is -0.629.